The van der Waals surface area contributed by atoms with Gasteiger partial charge in [-0.25, -0.2) is 0 Å². The highest BCUT2D eigenvalue weighted by Gasteiger charge is 2.29. The van der Waals surface area contributed by atoms with Gasteiger partial charge in [-0.2, -0.15) is 0 Å². The van der Waals surface area contributed by atoms with E-state index in [9.17, 15) is 4.79 Å². The van der Waals surface area contributed by atoms with Crippen molar-refractivity contribution in [2.45, 2.75) is 32.9 Å². The number of carbonyl (C=O) groups excluding carboxylic acids is 1. The Morgan fingerprint density at radius 3 is 2.31 bits per heavy atom. The van der Waals surface area contributed by atoms with Crippen LogP contribution in [0.3, 0.4) is 0 Å². The molecule has 6 heteroatoms. The molecule has 0 spiro atoms. The summed E-state index contributed by atoms with van der Waals surface area (Å²) in [6.07, 6.45) is 0.904. The van der Waals surface area contributed by atoms with E-state index in [-0.39, 0.29) is 5.91 Å². The lowest BCUT2D eigenvalue weighted by Gasteiger charge is -2.25. The lowest BCUT2D eigenvalue weighted by molar-refractivity contribution is -0.118. The summed E-state index contributed by atoms with van der Waals surface area (Å²) in [5, 5.41) is 3.17. The van der Waals surface area contributed by atoms with Crippen molar-refractivity contribution in [2.75, 3.05) is 25.1 Å². The van der Waals surface area contributed by atoms with Crippen LogP contribution < -0.4 is 5.32 Å². The number of halogens is 1. The van der Waals surface area contributed by atoms with Gasteiger partial charge in [-0.1, -0.05) is 15.9 Å². The molecular weight excluding hydrogens is 290 g/mol. The third-order valence-corrected chi connectivity index (χ3v) is 5.72. The lowest BCUT2D eigenvalue weighted by atomic mass is 10.5. The maximum Gasteiger partial charge on any atom is 0.334 e. The molecule has 0 bridgehead atoms. The zero-order chi connectivity index (χ0) is 12.4. The number of rotatable bonds is 9. The standard InChI is InChI=1S/C10H22BrNO3Si/c1-4-14-16(3,15-5-2)8-6-7-12-10(13)9-11/h4-9H2,1-3H3,(H,12,13). The van der Waals surface area contributed by atoms with E-state index in [0.29, 0.717) is 25.1 Å². The fraction of sp³-hybridized carbons (Fsp3) is 0.900. The van der Waals surface area contributed by atoms with Gasteiger partial charge in [0.15, 0.2) is 0 Å². The van der Waals surface area contributed by atoms with Crippen LogP contribution in [0.2, 0.25) is 12.6 Å². The van der Waals surface area contributed by atoms with Crippen LogP contribution in [-0.4, -0.2) is 39.6 Å². The Bertz CT molecular complexity index is 199. The first-order chi connectivity index (χ1) is 7.58. The molecule has 0 fully saturated rings. The molecule has 0 saturated heterocycles. The molecule has 0 aliphatic carbocycles. The third-order valence-electron chi connectivity index (χ3n) is 2.15. The molecule has 0 atom stereocenters. The molecule has 16 heavy (non-hydrogen) atoms. The van der Waals surface area contributed by atoms with Crippen molar-refractivity contribution < 1.29 is 13.6 Å². The van der Waals surface area contributed by atoms with Crippen molar-refractivity contribution in [1.82, 2.24) is 5.32 Å². The molecular formula is C10H22BrNO3Si. The van der Waals surface area contributed by atoms with Crippen molar-refractivity contribution in [3.05, 3.63) is 0 Å². The molecule has 0 rings (SSSR count). The van der Waals surface area contributed by atoms with Gasteiger partial charge in [0.1, 0.15) is 0 Å². The Morgan fingerprint density at radius 2 is 1.88 bits per heavy atom. The average molecular weight is 312 g/mol. The first kappa shape index (κ1) is 16.1. The molecule has 0 aromatic carbocycles. The molecule has 96 valence electrons. The molecule has 0 aromatic heterocycles. The highest BCUT2D eigenvalue weighted by Crippen LogP contribution is 2.15. The summed E-state index contributed by atoms with van der Waals surface area (Å²) in [6, 6.07) is 0.914. The van der Waals surface area contributed by atoms with Crippen LogP contribution in [0.4, 0.5) is 0 Å². The summed E-state index contributed by atoms with van der Waals surface area (Å²) in [5.74, 6) is 0.0242. The average Bonchev–Trinajstić information content (AvgIpc) is 2.25. The van der Waals surface area contributed by atoms with Crippen LogP contribution >= 0.6 is 15.9 Å². The summed E-state index contributed by atoms with van der Waals surface area (Å²) in [6.45, 7) is 8.11. The van der Waals surface area contributed by atoms with E-state index in [0.717, 1.165) is 12.5 Å². The predicted molar refractivity (Wildman–Crippen MR) is 71.1 cm³/mol. The molecule has 0 aromatic rings. The van der Waals surface area contributed by atoms with Crippen molar-refractivity contribution in [3.8, 4) is 0 Å². The van der Waals surface area contributed by atoms with E-state index in [2.05, 4.69) is 27.8 Å². The molecule has 0 saturated carbocycles. The Labute approximate surface area is 107 Å². The van der Waals surface area contributed by atoms with Crippen molar-refractivity contribution in [1.29, 1.82) is 0 Å². The smallest absolute Gasteiger partial charge is 0.334 e. The predicted octanol–water partition coefficient (Wildman–Crippen LogP) is 2.03. The van der Waals surface area contributed by atoms with E-state index in [1.54, 1.807) is 0 Å². The van der Waals surface area contributed by atoms with Crippen LogP contribution in [0.1, 0.15) is 20.3 Å². The summed E-state index contributed by atoms with van der Waals surface area (Å²) in [7, 11) is -1.99. The maximum atomic E-state index is 11.0. The fourth-order valence-electron chi connectivity index (χ4n) is 1.48. The van der Waals surface area contributed by atoms with Gasteiger partial charge in [-0.05, 0) is 32.9 Å². The minimum Gasteiger partial charge on any atom is -0.395 e. The zero-order valence-electron chi connectivity index (χ0n) is 10.3. The Balaban J connectivity index is 3.79. The maximum absolute atomic E-state index is 11.0. The number of alkyl halides is 1. The molecule has 0 aliphatic heterocycles. The van der Waals surface area contributed by atoms with Gasteiger partial charge in [0.05, 0.1) is 5.33 Å². The van der Waals surface area contributed by atoms with Crippen LogP contribution in [0.5, 0.6) is 0 Å². The van der Waals surface area contributed by atoms with Crippen molar-refractivity contribution >= 4 is 30.4 Å². The number of hydrogen-bond donors (Lipinski definition) is 1. The number of nitrogens with one attached hydrogen (secondary N) is 1. The van der Waals surface area contributed by atoms with Gasteiger partial charge in [-0.15, -0.1) is 0 Å². The number of amides is 1. The molecule has 4 nitrogen and oxygen atoms in total. The minimum atomic E-state index is -1.99. The Morgan fingerprint density at radius 1 is 1.31 bits per heavy atom. The first-order valence-corrected chi connectivity index (χ1v) is 9.33. The summed E-state index contributed by atoms with van der Waals surface area (Å²) in [4.78, 5) is 11.0. The highest BCUT2D eigenvalue weighted by atomic mass is 79.9. The second kappa shape index (κ2) is 9.15. The lowest BCUT2D eigenvalue weighted by Crippen LogP contribution is -2.39. The van der Waals surface area contributed by atoms with Gasteiger partial charge in [0.25, 0.3) is 0 Å². The largest absolute Gasteiger partial charge is 0.395 e. The molecule has 0 radical (unpaired) electrons. The molecule has 1 amide bonds. The second-order valence-electron chi connectivity index (χ2n) is 3.59. The molecule has 1 N–H and O–H groups in total. The topological polar surface area (TPSA) is 47.6 Å². The summed E-state index contributed by atoms with van der Waals surface area (Å²) < 4.78 is 11.4. The van der Waals surface area contributed by atoms with Gasteiger partial charge < -0.3 is 14.2 Å². The number of hydrogen-bond acceptors (Lipinski definition) is 3. The zero-order valence-corrected chi connectivity index (χ0v) is 12.9. The van der Waals surface area contributed by atoms with Gasteiger partial charge in [-0.3, -0.25) is 4.79 Å². The monoisotopic (exact) mass is 311 g/mol. The van der Waals surface area contributed by atoms with E-state index in [1.165, 1.54) is 0 Å². The summed E-state index contributed by atoms with van der Waals surface area (Å²) >= 11 is 3.10. The Hall–Kier alpha value is 0.0869. The summed E-state index contributed by atoms with van der Waals surface area (Å²) in [5.41, 5.74) is 0. The van der Waals surface area contributed by atoms with Crippen molar-refractivity contribution in [3.63, 3.8) is 0 Å². The normalized spacial score (nSPS) is 11.5. The molecule has 0 unspecified atom stereocenters. The highest BCUT2D eigenvalue weighted by molar-refractivity contribution is 9.09. The van der Waals surface area contributed by atoms with Gasteiger partial charge in [0.2, 0.25) is 5.91 Å². The second-order valence-corrected chi connectivity index (χ2v) is 7.49. The van der Waals surface area contributed by atoms with Crippen LogP contribution in [-0.2, 0) is 13.6 Å². The third kappa shape index (κ3) is 7.37. The van der Waals surface area contributed by atoms with Crippen LogP contribution in [0, 0.1) is 0 Å². The van der Waals surface area contributed by atoms with Crippen molar-refractivity contribution in [2.24, 2.45) is 0 Å². The van der Waals surface area contributed by atoms with E-state index in [1.807, 2.05) is 13.8 Å². The first-order valence-electron chi connectivity index (χ1n) is 5.68. The quantitative estimate of drug-likeness (QED) is 0.403. The Kier molecular flexibility index (Phi) is 9.20. The van der Waals surface area contributed by atoms with E-state index < -0.39 is 8.56 Å². The SMILES string of the molecule is CCO[Si](C)(CCCNC(=O)CBr)OCC. The van der Waals surface area contributed by atoms with Gasteiger partial charge >= 0.3 is 8.56 Å². The minimum absolute atomic E-state index is 0.0242. The molecule has 0 heterocycles. The van der Waals surface area contributed by atoms with E-state index >= 15 is 0 Å². The fourth-order valence-corrected chi connectivity index (χ4v) is 4.09. The van der Waals surface area contributed by atoms with Gasteiger partial charge in [0, 0.05) is 19.8 Å². The number of carbonyl (C=O) groups is 1. The van der Waals surface area contributed by atoms with Crippen LogP contribution in [0.25, 0.3) is 0 Å². The van der Waals surface area contributed by atoms with E-state index in [4.69, 9.17) is 8.85 Å². The molecule has 0 aliphatic rings. The van der Waals surface area contributed by atoms with Crippen LogP contribution in [0.15, 0.2) is 0 Å².